The lowest BCUT2D eigenvalue weighted by molar-refractivity contribution is -0.0443. The Morgan fingerprint density at radius 1 is 1.19 bits per heavy atom. The van der Waals surface area contributed by atoms with Crippen molar-refractivity contribution in [2.45, 2.75) is 45.2 Å². The number of benzene rings is 1. The smallest absolute Gasteiger partial charge is 0.266 e. The Kier molecular flexibility index (Phi) is 4.42. The van der Waals surface area contributed by atoms with Crippen LogP contribution in [0.4, 0.5) is 8.78 Å². The van der Waals surface area contributed by atoms with E-state index >= 15 is 0 Å². The van der Waals surface area contributed by atoms with E-state index in [4.69, 9.17) is 0 Å². The van der Waals surface area contributed by atoms with Gasteiger partial charge in [-0.25, -0.2) is 8.78 Å². The minimum absolute atomic E-state index is 0.0302. The van der Waals surface area contributed by atoms with Crippen LogP contribution in [0.25, 0.3) is 0 Å². The highest BCUT2D eigenvalue weighted by molar-refractivity contribution is 5.21. The van der Waals surface area contributed by atoms with E-state index in [0.717, 1.165) is 0 Å². The van der Waals surface area contributed by atoms with Gasteiger partial charge in [0.15, 0.2) is 0 Å². The molecular weight excluding hydrogens is 208 g/mol. The van der Waals surface area contributed by atoms with Gasteiger partial charge in [0.05, 0.1) is 6.04 Å². The van der Waals surface area contributed by atoms with Gasteiger partial charge >= 0.3 is 0 Å². The van der Waals surface area contributed by atoms with Crippen molar-refractivity contribution >= 4 is 0 Å². The summed E-state index contributed by atoms with van der Waals surface area (Å²) in [5.41, 5.74) is 0.642. The summed E-state index contributed by atoms with van der Waals surface area (Å²) < 4.78 is 27.6. The van der Waals surface area contributed by atoms with Gasteiger partial charge in [-0.2, -0.15) is 0 Å². The Labute approximate surface area is 95.9 Å². The molecule has 1 unspecified atom stereocenters. The van der Waals surface area contributed by atoms with E-state index < -0.39 is 12.0 Å². The Balaban J connectivity index is 2.97. The minimum atomic E-state index is -2.72. The van der Waals surface area contributed by atoms with Crippen LogP contribution in [-0.2, 0) is 0 Å². The van der Waals surface area contributed by atoms with Crippen LogP contribution in [0.15, 0.2) is 30.3 Å². The molecule has 0 saturated carbocycles. The van der Waals surface area contributed by atoms with Crippen molar-refractivity contribution in [3.05, 3.63) is 35.9 Å². The maximum absolute atomic E-state index is 13.8. The quantitative estimate of drug-likeness (QED) is 0.807. The average molecular weight is 227 g/mol. The number of nitrogens with one attached hydrogen (secondary N) is 1. The van der Waals surface area contributed by atoms with Crippen LogP contribution in [-0.4, -0.2) is 12.0 Å². The fraction of sp³-hybridized carbons (Fsp3) is 0.538. The number of rotatable bonds is 5. The monoisotopic (exact) mass is 227 g/mol. The molecule has 0 fully saturated rings. The Hall–Kier alpha value is -0.960. The minimum Gasteiger partial charge on any atom is -0.303 e. The van der Waals surface area contributed by atoms with E-state index in [1.165, 1.54) is 6.92 Å². The molecule has 0 radical (unpaired) electrons. The molecular formula is C13H19F2N. The predicted octanol–water partition coefficient (Wildman–Crippen LogP) is 3.77. The van der Waals surface area contributed by atoms with Crippen molar-refractivity contribution in [1.29, 1.82) is 0 Å². The third-order valence-corrected chi connectivity index (χ3v) is 2.53. The molecule has 1 atom stereocenters. The summed E-state index contributed by atoms with van der Waals surface area (Å²) >= 11 is 0. The first-order chi connectivity index (χ1) is 7.47. The number of hydrogen-bond acceptors (Lipinski definition) is 1. The molecule has 1 aromatic rings. The summed E-state index contributed by atoms with van der Waals surface area (Å²) in [5, 5.41) is 2.94. The molecule has 0 aromatic heterocycles. The first kappa shape index (κ1) is 13.1. The van der Waals surface area contributed by atoms with Gasteiger partial charge < -0.3 is 5.32 Å². The molecule has 1 nitrogen and oxygen atoms in total. The largest absolute Gasteiger partial charge is 0.303 e. The fourth-order valence-electron chi connectivity index (χ4n) is 1.64. The van der Waals surface area contributed by atoms with Gasteiger partial charge in [0.1, 0.15) is 0 Å². The van der Waals surface area contributed by atoms with E-state index in [-0.39, 0.29) is 12.5 Å². The number of hydrogen-bond donors (Lipinski definition) is 1. The van der Waals surface area contributed by atoms with Crippen LogP contribution in [0.5, 0.6) is 0 Å². The van der Waals surface area contributed by atoms with Gasteiger partial charge in [-0.15, -0.1) is 0 Å². The van der Waals surface area contributed by atoms with Gasteiger partial charge in [-0.1, -0.05) is 51.1 Å². The topological polar surface area (TPSA) is 12.0 Å². The fourth-order valence-corrected chi connectivity index (χ4v) is 1.64. The van der Waals surface area contributed by atoms with Crippen LogP contribution in [0.1, 0.15) is 38.8 Å². The zero-order chi connectivity index (χ0) is 12.2. The van der Waals surface area contributed by atoms with Crippen molar-refractivity contribution in [2.24, 2.45) is 0 Å². The first-order valence-electron chi connectivity index (χ1n) is 5.66. The lowest BCUT2D eigenvalue weighted by Gasteiger charge is -2.29. The third-order valence-electron chi connectivity index (χ3n) is 2.53. The van der Waals surface area contributed by atoms with E-state index in [2.05, 4.69) is 5.32 Å². The summed E-state index contributed by atoms with van der Waals surface area (Å²) in [4.78, 5) is 0. The van der Waals surface area contributed by atoms with E-state index in [1.54, 1.807) is 24.3 Å². The highest BCUT2D eigenvalue weighted by Crippen LogP contribution is 2.34. The molecule has 1 aromatic carbocycles. The number of halogens is 2. The summed E-state index contributed by atoms with van der Waals surface area (Å²) in [5.74, 6) is -2.72. The second-order valence-electron chi connectivity index (χ2n) is 4.28. The second kappa shape index (κ2) is 5.39. The second-order valence-corrected chi connectivity index (χ2v) is 4.28. The molecule has 0 spiro atoms. The van der Waals surface area contributed by atoms with E-state index in [9.17, 15) is 8.78 Å². The average Bonchev–Trinajstić information content (AvgIpc) is 2.27. The summed E-state index contributed by atoms with van der Waals surface area (Å²) in [6.07, 6.45) is -0.160. The van der Waals surface area contributed by atoms with Gasteiger partial charge in [0, 0.05) is 12.5 Å². The third kappa shape index (κ3) is 3.27. The van der Waals surface area contributed by atoms with Crippen LogP contribution in [0.2, 0.25) is 0 Å². The molecule has 0 bridgehead atoms. The van der Waals surface area contributed by atoms with Crippen LogP contribution in [0.3, 0.4) is 0 Å². The predicted molar refractivity (Wildman–Crippen MR) is 62.7 cm³/mol. The lowest BCUT2D eigenvalue weighted by Crippen LogP contribution is -2.40. The summed E-state index contributed by atoms with van der Waals surface area (Å²) in [6.45, 7) is 5.27. The summed E-state index contributed by atoms with van der Waals surface area (Å²) in [7, 11) is 0. The van der Waals surface area contributed by atoms with Crippen molar-refractivity contribution in [3.63, 3.8) is 0 Å². The molecule has 0 aliphatic carbocycles. The molecule has 0 heterocycles. The van der Waals surface area contributed by atoms with Crippen molar-refractivity contribution < 1.29 is 8.78 Å². The van der Waals surface area contributed by atoms with Crippen LogP contribution in [0, 0.1) is 0 Å². The zero-order valence-corrected chi connectivity index (χ0v) is 10.0. The lowest BCUT2D eigenvalue weighted by atomic mass is 9.98. The molecule has 3 heteroatoms. The zero-order valence-electron chi connectivity index (χ0n) is 10.0. The normalized spacial score (nSPS) is 14.1. The van der Waals surface area contributed by atoms with Gasteiger partial charge in [0.2, 0.25) is 0 Å². The highest BCUT2D eigenvalue weighted by Gasteiger charge is 2.38. The van der Waals surface area contributed by atoms with Crippen molar-refractivity contribution in [1.82, 2.24) is 5.32 Å². The highest BCUT2D eigenvalue weighted by atomic mass is 19.3. The van der Waals surface area contributed by atoms with Gasteiger partial charge in [-0.05, 0) is 5.56 Å². The molecule has 90 valence electrons. The van der Waals surface area contributed by atoms with Crippen molar-refractivity contribution in [2.75, 3.05) is 0 Å². The van der Waals surface area contributed by atoms with E-state index in [1.807, 2.05) is 19.9 Å². The Morgan fingerprint density at radius 3 is 2.19 bits per heavy atom. The molecule has 1 N–H and O–H groups in total. The molecule has 0 aliphatic heterocycles. The van der Waals surface area contributed by atoms with Gasteiger partial charge in [-0.3, -0.25) is 0 Å². The molecule has 0 amide bonds. The number of alkyl halides is 2. The van der Waals surface area contributed by atoms with Crippen molar-refractivity contribution in [3.8, 4) is 0 Å². The first-order valence-corrected chi connectivity index (χ1v) is 5.66. The Bertz CT molecular complexity index is 309. The van der Waals surface area contributed by atoms with Gasteiger partial charge in [0.25, 0.3) is 5.92 Å². The maximum Gasteiger partial charge on any atom is 0.266 e. The Morgan fingerprint density at radius 2 is 1.75 bits per heavy atom. The molecule has 0 aliphatic rings. The molecule has 1 rings (SSSR count). The van der Waals surface area contributed by atoms with E-state index in [0.29, 0.717) is 5.56 Å². The van der Waals surface area contributed by atoms with Crippen LogP contribution >= 0.6 is 0 Å². The summed E-state index contributed by atoms with van der Waals surface area (Å²) in [6, 6.07) is 8.01. The maximum atomic E-state index is 13.8. The molecule has 0 saturated heterocycles. The van der Waals surface area contributed by atoms with Crippen LogP contribution < -0.4 is 5.32 Å². The SMILES string of the molecule is CCC(F)(F)C(NC(C)C)c1ccccc1. The molecule has 16 heavy (non-hydrogen) atoms. The standard InChI is InChI=1S/C13H19F2N/c1-4-13(14,15)12(16-10(2)3)11-8-6-5-7-9-11/h5-10,12,16H,4H2,1-3H3.